The largest absolute Gasteiger partial charge is 0.497 e. The van der Waals surface area contributed by atoms with Gasteiger partial charge in [0.15, 0.2) is 11.2 Å². The Kier molecular flexibility index (Phi) is 5.65. The van der Waals surface area contributed by atoms with Crippen molar-refractivity contribution in [3.8, 4) is 11.4 Å². The van der Waals surface area contributed by atoms with Gasteiger partial charge < -0.3 is 9.30 Å². The number of methoxy groups -OCH3 is 1. The molecule has 4 aromatic rings. The molecule has 2 heterocycles. The molecule has 0 amide bonds. The van der Waals surface area contributed by atoms with Gasteiger partial charge in [-0.1, -0.05) is 26.0 Å². The number of hydrogen-bond acceptors (Lipinski definition) is 4. The zero-order valence-corrected chi connectivity index (χ0v) is 17.9. The number of aromatic nitrogens is 4. The van der Waals surface area contributed by atoms with E-state index in [-0.39, 0.29) is 35.7 Å². The maximum atomic E-state index is 14.3. The van der Waals surface area contributed by atoms with E-state index in [1.54, 1.807) is 24.3 Å². The van der Waals surface area contributed by atoms with Gasteiger partial charge in [0, 0.05) is 18.2 Å². The van der Waals surface area contributed by atoms with E-state index < -0.39 is 22.9 Å². The van der Waals surface area contributed by atoms with Crippen LogP contribution in [0, 0.1) is 17.6 Å². The Hall–Kier alpha value is -3.75. The Bertz CT molecular complexity index is 1400. The van der Waals surface area contributed by atoms with Gasteiger partial charge in [-0.2, -0.15) is 0 Å². The van der Waals surface area contributed by atoms with E-state index in [9.17, 15) is 18.4 Å². The van der Waals surface area contributed by atoms with Crippen LogP contribution in [0.1, 0.15) is 19.4 Å². The van der Waals surface area contributed by atoms with Gasteiger partial charge in [0.05, 0.1) is 25.7 Å². The van der Waals surface area contributed by atoms with Gasteiger partial charge in [-0.15, -0.1) is 0 Å². The van der Waals surface area contributed by atoms with Crippen LogP contribution in [-0.2, 0) is 13.1 Å². The number of halogens is 2. The van der Waals surface area contributed by atoms with Gasteiger partial charge in [0.25, 0.3) is 5.56 Å². The standard InChI is InChI=1S/C23H22F2N4O3/c1-14(2)11-28-22(30)20-21(29(23(28)31)15-6-4-7-16(10-15)32-3)26-13-27(20)12-17-18(24)8-5-9-19(17)25/h4-10,13-14H,11-12H2,1-3H3. The molecule has 0 atom stereocenters. The van der Waals surface area contributed by atoms with E-state index in [4.69, 9.17) is 4.74 Å². The summed E-state index contributed by atoms with van der Waals surface area (Å²) in [6, 6.07) is 10.4. The van der Waals surface area contributed by atoms with Crippen molar-refractivity contribution >= 4 is 11.2 Å². The lowest BCUT2D eigenvalue weighted by atomic mass is 10.2. The molecule has 0 spiro atoms. The lowest BCUT2D eigenvalue weighted by molar-refractivity contribution is 0.414. The summed E-state index contributed by atoms with van der Waals surface area (Å²) in [4.78, 5) is 30.9. The maximum absolute atomic E-state index is 14.3. The van der Waals surface area contributed by atoms with Crippen LogP contribution >= 0.6 is 0 Å². The fourth-order valence-electron chi connectivity index (χ4n) is 3.66. The molecule has 0 N–H and O–H groups in total. The number of imidazole rings is 1. The molecular formula is C23H22F2N4O3. The Labute approximate surface area is 182 Å². The fourth-order valence-corrected chi connectivity index (χ4v) is 3.66. The molecule has 0 fully saturated rings. The predicted octanol–water partition coefficient (Wildman–Crippen LogP) is 3.34. The van der Waals surface area contributed by atoms with E-state index in [0.29, 0.717) is 11.4 Å². The minimum absolute atomic E-state index is 0.0111. The number of fused-ring (bicyclic) bond motifs is 1. The molecule has 0 saturated carbocycles. The molecule has 32 heavy (non-hydrogen) atoms. The number of rotatable bonds is 6. The third-order valence-electron chi connectivity index (χ3n) is 5.15. The first kappa shape index (κ1) is 21.5. The molecule has 0 saturated heterocycles. The summed E-state index contributed by atoms with van der Waals surface area (Å²) < 4.78 is 37.6. The van der Waals surface area contributed by atoms with Crippen LogP contribution in [0.4, 0.5) is 8.78 Å². The predicted molar refractivity (Wildman–Crippen MR) is 116 cm³/mol. The zero-order chi connectivity index (χ0) is 23.0. The number of hydrogen-bond donors (Lipinski definition) is 0. The molecule has 0 aliphatic carbocycles. The summed E-state index contributed by atoms with van der Waals surface area (Å²) in [5.41, 5.74) is -0.667. The van der Waals surface area contributed by atoms with Gasteiger partial charge in [-0.05, 0) is 30.2 Å². The van der Waals surface area contributed by atoms with Crippen LogP contribution in [0.25, 0.3) is 16.9 Å². The highest BCUT2D eigenvalue weighted by molar-refractivity contribution is 5.72. The molecule has 9 heteroatoms. The Balaban J connectivity index is 2.02. The van der Waals surface area contributed by atoms with Crippen molar-refractivity contribution < 1.29 is 13.5 Å². The average molecular weight is 440 g/mol. The van der Waals surface area contributed by atoms with Crippen molar-refractivity contribution in [2.45, 2.75) is 26.9 Å². The van der Waals surface area contributed by atoms with E-state index in [1.807, 2.05) is 13.8 Å². The van der Waals surface area contributed by atoms with E-state index in [1.165, 1.54) is 28.6 Å². The molecule has 2 aromatic heterocycles. The van der Waals surface area contributed by atoms with Crippen LogP contribution in [0.15, 0.2) is 58.4 Å². The molecule has 0 unspecified atom stereocenters. The second-order valence-corrected chi connectivity index (χ2v) is 7.87. The van der Waals surface area contributed by atoms with Gasteiger partial charge in [-0.3, -0.25) is 9.36 Å². The summed E-state index contributed by atoms with van der Waals surface area (Å²) in [6.45, 7) is 3.70. The quantitative estimate of drug-likeness (QED) is 0.461. The fraction of sp³-hybridized carbons (Fsp3) is 0.261. The van der Waals surface area contributed by atoms with Crippen LogP contribution in [-0.4, -0.2) is 25.8 Å². The molecule has 4 rings (SSSR count). The van der Waals surface area contributed by atoms with Gasteiger partial charge in [0.2, 0.25) is 0 Å². The van der Waals surface area contributed by atoms with Crippen molar-refractivity contribution in [3.05, 3.63) is 86.8 Å². The van der Waals surface area contributed by atoms with Crippen molar-refractivity contribution in [3.63, 3.8) is 0 Å². The molecule has 0 aliphatic rings. The van der Waals surface area contributed by atoms with E-state index >= 15 is 0 Å². The molecule has 0 radical (unpaired) electrons. The lowest BCUT2D eigenvalue weighted by Crippen LogP contribution is -2.41. The van der Waals surface area contributed by atoms with Crippen molar-refractivity contribution in [1.29, 1.82) is 0 Å². The Morgan fingerprint density at radius 2 is 1.75 bits per heavy atom. The SMILES string of the molecule is COc1cccc(-n2c(=O)n(CC(C)C)c(=O)c3c2ncn3Cc2c(F)cccc2F)c1. The third kappa shape index (κ3) is 3.70. The minimum Gasteiger partial charge on any atom is -0.497 e. The number of benzene rings is 2. The normalized spacial score (nSPS) is 11.4. The first-order valence-corrected chi connectivity index (χ1v) is 10.1. The smallest absolute Gasteiger partial charge is 0.337 e. The highest BCUT2D eigenvalue weighted by Crippen LogP contribution is 2.20. The topological polar surface area (TPSA) is 71.1 Å². The second kappa shape index (κ2) is 8.41. The van der Waals surface area contributed by atoms with Crippen molar-refractivity contribution in [2.24, 2.45) is 5.92 Å². The minimum atomic E-state index is -0.726. The maximum Gasteiger partial charge on any atom is 0.337 e. The van der Waals surface area contributed by atoms with Crippen LogP contribution in [0.2, 0.25) is 0 Å². The van der Waals surface area contributed by atoms with Crippen LogP contribution in [0.5, 0.6) is 5.75 Å². The molecule has 0 bridgehead atoms. The first-order valence-electron chi connectivity index (χ1n) is 10.1. The lowest BCUT2D eigenvalue weighted by Gasteiger charge is -2.15. The summed E-state index contributed by atoms with van der Waals surface area (Å²) in [6.07, 6.45) is 1.31. The average Bonchev–Trinajstić information content (AvgIpc) is 3.17. The monoisotopic (exact) mass is 440 g/mol. The molecule has 7 nitrogen and oxygen atoms in total. The van der Waals surface area contributed by atoms with Gasteiger partial charge >= 0.3 is 5.69 Å². The van der Waals surface area contributed by atoms with Crippen molar-refractivity contribution in [1.82, 2.24) is 18.7 Å². The Morgan fingerprint density at radius 3 is 2.41 bits per heavy atom. The highest BCUT2D eigenvalue weighted by Gasteiger charge is 2.21. The second-order valence-electron chi connectivity index (χ2n) is 7.87. The van der Waals surface area contributed by atoms with E-state index in [0.717, 1.165) is 16.7 Å². The molecular weight excluding hydrogens is 418 g/mol. The number of ether oxygens (including phenoxy) is 1. The van der Waals surface area contributed by atoms with Crippen LogP contribution in [0.3, 0.4) is 0 Å². The van der Waals surface area contributed by atoms with E-state index in [2.05, 4.69) is 4.98 Å². The molecule has 0 aliphatic heterocycles. The first-order chi connectivity index (χ1) is 15.3. The number of nitrogens with zero attached hydrogens (tertiary/aromatic N) is 4. The van der Waals surface area contributed by atoms with Gasteiger partial charge in [-0.25, -0.2) is 23.1 Å². The highest BCUT2D eigenvalue weighted by atomic mass is 19.1. The summed E-state index contributed by atoms with van der Waals surface area (Å²) in [7, 11) is 1.51. The zero-order valence-electron chi connectivity index (χ0n) is 17.9. The van der Waals surface area contributed by atoms with Crippen LogP contribution < -0.4 is 16.0 Å². The Morgan fingerprint density at radius 1 is 1.06 bits per heavy atom. The summed E-state index contributed by atoms with van der Waals surface area (Å²) in [5, 5.41) is 0. The van der Waals surface area contributed by atoms with Crippen molar-refractivity contribution in [2.75, 3.05) is 7.11 Å². The summed E-state index contributed by atoms with van der Waals surface area (Å²) >= 11 is 0. The molecule has 2 aromatic carbocycles. The molecule has 166 valence electrons. The van der Waals surface area contributed by atoms with Gasteiger partial charge in [0.1, 0.15) is 17.4 Å². The third-order valence-corrected chi connectivity index (χ3v) is 5.15. The summed E-state index contributed by atoms with van der Waals surface area (Å²) in [5.74, 6) is -0.917.